The number of carbonyl (C=O) groups is 2. The Balaban J connectivity index is 1.70. The maximum absolute atomic E-state index is 12.5. The summed E-state index contributed by atoms with van der Waals surface area (Å²) in [6.07, 6.45) is 2.29. The number of amides is 1. The molecule has 1 aliphatic rings. The number of thioether (sulfide) groups is 1. The van der Waals surface area contributed by atoms with Crippen LogP contribution < -0.4 is 5.32 Å². The van der Waals surface area contributed by atoms with Crippen molar-refractivity contribution in [1.82, 2.24) is 4.90 Å². The second-order valence-electron chi connectivity index (χ2n) is 6.24. The van der Waals surface area contributed by atoms with Crippen LogP contribution in [-0.2, 0) is 9.53 Å². The van der Waals surface area contributed by atoms with Crippen LogP contribution in [0.25, 0.3) is 10.4 Å². The van der Waals surface area contributed by atoms with Gasteiger partial charge in [0.15, 0.2) is 0 Å². The first-order valence-corrected chi connectivity index (χ1v) is 11.4. The molecule has 1 N–H and O–H groups in total. The first kappa shape index (κ1) is 20.8. The Kier molecular flexibility index (Phi) is 7.47. The summed E-state index contributed by atoms with van der Waals surface area (Å²) in [6.45, 7) is 3.97. The standard InChI is InChI=1S/C20H22N2O3S3/c1-2-25-19(24)18-15(12-16(28-18)14-8-4-3-5-9-14)21-17(23)13-27-20(26)22-10-6-7-11-22/h3-5,8-9,12H,2,6-7,10-11,13H2,1H3,(H,21,23). The topological polar surface area (TPSA) is 58.6 Å². The number of benzene rings is 1. The van der Waals surface area contributed by atoms with Gasteiger partial charge in [-0.1, -0.05) is 54.3 Å². The van der Waals surface area contributed by atoms with Crippen molar-refractivity contribution in [2.24, 2.45) is 0 Å². The molecule has 0 aliphatic carbocycles. The average Bonchev–Trinajstić information content (AvgIpc) is 3.37. The average molecular weight is 435 g/mol. The predicted octanol–water partition coefficient (Wildman–Crippen LogP) is 4.64. The molecule has 1 saturated heterocycles. The molecule has 1 aromatic carbocycles. The first-order valence-electron chi connectivity index (χ1n) is 9.16. The molecule has 1 fully saturated rings. The van der Waals surface area contributed by atoms with E-state index in [-0.39, 0.29) is 18.3 Å². The lowest BCUT2D eigenvalue weighted by molar-refractivity contribution is -0.113. The third-order valence-electron chi connectivity index (χ3n) is 4.22. The molecule has 8 heteroatoms. The lowest BCUT2D eigenvalue weighted by Crippen LogP contribution is -2.25. The summed E-state index contributed by atoms with van der Waals surface area (Å²) < 4.78 is 5.91. The molecule has 0 unspecified atom stereocenters. The number of thiocarbonyl (C=S) groups is 1. The highest BCUT2D eigenvalue weighted by molar-refractivity contribution is 8.23. The highest BCUT2D eigenvalue weighted by atomic mass is 32.2. The van der Waals surface area contributed by atoms with E-state index in [0.29, 0.717) is 10.6 Å². The summed E-state index contributed by atoms with van der Waals surface area (Å²) in [5, 5.41) is 2.86. The molecule has 5 nitrogen and oxygen atoms in total. The van der Waals surface area contributed by atoms with Crippen LogP contribution in [0.4, 0.5) is 5.69 Å². The van der Waals surface area contributed by atoms with E-state index in [0.717, 1.165) is 40.7 Å². The number of hydrogen-bond acceptors (Lipinski definition) is 6. The fourth-order valence-electron chi connectivity index (χ4n) is 2.88. The van der Waals surface area contributed by atoms with Gasteiger partial charge in [0.05, 0.1) is 18.0 Å². The minimum absolute atomic E-state index is 0.186. The van der Waals surface area contributed by atoms with E-state index in [9.17, 15) is 9.59 Å². The van der Waals surface area contributed by atoms with Crippen LogP contribution in [0, 0.1) is 0 Å². The minimum Gasteiger partial charge on any atom is -0.462 e. The predicted molar refractivity (Wildman–Crippen MR) is 120 cm³/mol. The molecule has 28 heavy (non-hydrogen) atoms. The van der Waals surface area contributed by atoms with Gasteiger partial charge in [0.25, 0.3) is 0 Å². The molecule has 148 valence electrons. The van der Waals surface area contributed by atoms with Crippen LogP contribution in [0.1, 0.15) is 29.4 Å². The molecule has 1 aliphatic heterocycles. The lowest BCUT2D eigenvalue weighted by atomic mass is 10.2. The number of nitrogens with one attached hydrogen (secondary N) is 1. The molecule has 0 radical (unpaired) electrons. The molecule has 3 rings (SSSR count). The largest absolute Gasteiger partial charge is 0.462 e. The fraction of sp³-hybridized carbons (Fsp3) is 0.350. The zero-order chi connectivity index (χ0) is 19.9. The van der Waals surface area contributed by atoms with Crippen molar-refractivity contribution >= 4 is 57.2 Å². The molecular formula is C20H22N2O3S3. The maximum atomic E-state index is 12.5. The third kappa shape index (κ3) is 5.33. The Morgan fingerprint density at radius 1 is 1.25 bits per heavy atom. The zero-order valence-corrected chi connectivity index (χ0v) is 18.1. The van der Waals surface area contributed by atoms with Gasteiger partial charge in [0.2, 0.25) is 5.91 Å². The molecule has 0 saturated carbocycles. The highest BCUT2D eigenvalue weighted by Gasteiger charge is 2.21. The summed E-state index contributed by atoms with van der Waals surface area (Å²) in [5.41, 5.74) is 1.48. The number of carbonyl (C=O) groups excluding carboxylic acids is 2. The minimum atomic E-state index is -0.426. The number of thiophene rings is 1. The molecule has 1 aromatic heterocycles. The number of nitrogens with zero attached hydrogens (tertiary/aromatic N) is 1. The number of rotatable bonds is 6. The molecule has 1 amide bonds. The molecule has 0 atom stereocenters. The quantitative estimate of drug-likeness (QED) is 0.528. The lowest BCUT2D eigenvalue weighted by Gasteiger charge is -2.17. The van der Waals surface area contributed by atoms with Crippen molar-refractivity contribution in [2.45, 2.75) is 19.8 Å². The van der Waals surface area contributed by atoms with Crippen molar-refractivity contribution in [2.75, 3.05) is 30.8 Å². The van der Waals surface area contributed by atoms with Crippen LogP contribution in [0.3, 0.4) is 0 Å². The van der Waals surface area contributed by atoms with Crippen LogP contribution >= 0.6 is 35.3 Å². The SMILES string of the molecule is CCOC(=O)c1sc(-c2ccccc2)cc1NC(=O)CSC(=S)N1CCCC1. The molecule has 2 aromatic rings. The molecule has 0 spiro atoms. The van der Waals surface area contributed by atoms with Crippen LogP contribution in [0.5, 0.6) is 0 Å². The third-order valence-corrected chi connectivity index (χ3v) is 6.90. The van der Waals surface area contributed by atoms with Crippen molar-refractivity contribution < 1.29 is 14.3 Å². The van der Waals surface area contributed by atoms with Gasteiger partial charge in [-0.2, -0.15) is 0 Å². The van der Waals surface area contributed by atoms with E-state index in [1.807, 2.05) is 36.4 Å². The van der Waals surface area contributed by atoms with Gasteiger partial charge in [0, 0.05) is 18.0 Å². The normalized spacial score (nSPS) is 13.4. The van der Waals surface area contributed by atoms with Gasteiger partial charge in [-0.15, -0.1) is 11.3 Å². The van der Waals surface area contributed by atoms with Gasteiger partial charge < -0.3 is 15.0 Å². The van der Waals surface area contributed by atoms with Gasteiger partial charge in [-0.25, -0.2) is 4.79 Å². The van der Waals surface area contributed by atoms with E-state index in [4.69, 9.17) is 17.0 Å². The molecule has 0 bridgehead atoms. The van der Waals surface area contributed by atoms with Crippen molar-refractivity contribution in [3.63, 3.8) is 0 Å². The number of ether oxygens (including phenoxy) is 1. The Bertz CT molecular complexity index is 846. The van der Waals surface area contributed by atoms with E-state index in [2.05, 4.69) is 10.2 Å². The van der Waals surface area contributed by atoms with E-state index in [1.54, 1.807) is 6.92 Å². The molecular weight excluding hydrogens is 412 g/mol. The van der Waals surface area contributed by atoms with Gasteiger partial charge >= 0.3 is 5.97 Å². The Labute approximate surface area is 178 Å². The second kappa shape index (κ2) is 10.0. The number of hydrogen-bond donors (Lipinski definition) is 1. The summed E-state index contributed by atoms with van der Waals surface area (Å²) in [7, 11) is 0. The molecule has 2 heterocycles. The number of likely N-dealkylation sites (tertiary alicyclic amines) is 1. The summed E-state index contributed by atoms with van der Waals surface area (Å²) >= 11 is 8.08. The highest BCUT2D eigenvalue weighted by Crippen LogP contribution is 2.35. The van der Waals surface area contributed by atoms with Gasteiger partial charge in [-0.05, 0) is 31.4 Å². The van der Waals surface area contributed by atoms with Crippen LogP contribution in [0.15, 0.2) is 36.4 Å². The Hall–Kier alpha value is -1.90. The maximum Gasteiger partial charge on any atom is 0.350 e. The summed E-state index contributed by atoms with van der Waals surface area (Å²) in [4.78, 5) is 28.2. The summed E-state index contributed by atoms with van der Waals surface area (Å²) in [6, 6.07) is 11.6. The van der Waals surface area contributed by atoms with Gasteiger partial charge in [-0.3, -0.25) is 4.79 Å². The van der Waals surface area contributed by atoms with E-state index in [1.165, 1.54) is 23.1 Å². The van der Waals surface area contributed by atoms with Crippen molar-refractivity contribution in [3.05, 3.63) is 41.3 Å². The smallest absolute Gasteiger partial charge is 0.350 e. The fourth-order valence-corrected chi connectivity index (χ4v) is 4.95. The Morgan fingerprint density at radius 3 is 2.64 bits per heavy atom. The van der Waals surface area contributed by atoms with Crippen molar-refractivity contribution in [1.29, 1.82) is 0 Å². The van der Waals surface area contributed by atoms with Crippen LogP contribution in [0.2, 0.25) is 0 Å². The first-order chi connectivity index (χ1) is 13.6. The van der Waals surface area contributed by atoms with Crippen molar-refractivity contribution in [3.8, 4) is 10.4 Å². The number of anilines is 1. The van der Waals surface area contributed by atoms with Gasteiger partial charge in [0.1, 0.15) is 9.20 Å². The zero-order valence-electron chi connectivity index (χ0n) is 15.6. The van der Waals surface area contributed by atoms with E-state index < -0.39 is 5.97 Å². The Morgan fingerprint density at radius 2 is 1.96 bits per heavy atom. The number of esters is 1. The summed E-state index contributed by atoms with van der Waals surface area (Å²) in [5.74, 6) is -0.395. The second-order valence-corrected chi connectivity index (χ2v) is 8.90. The van der Waals surface area contributed by atoms with E-state index >= 15 is 0 Å². The monoisotopic (exact) mass is 434 g/mol. The van der Waals surface area contributed by atoms with Crippen LogP contribution in [-0.4, -0.2) is 46.5 Å².